The molecule has 4 heteroatoms. The second-order valence-electron chi connectivity index (χ2n) is 5.51. The van der Waals surface area contributed by atoms with Crippen LogP contribution in [0.5, 0.6) is 5.75 Å². The molecule has 0 radical (unpaired) electrons. The molecule has 2 aromatic carbocycles. The predicted molar refractivity (Wildman–Crippen MR) is 93.7 cm³/mol. The molecule has 0 atom stereocenters. The third kappa shape index (κ3) is 3.33. The number of ether oxygens (including phenoxy) is 1. The first kappa shape index (κ1) is 15.9. The Bertz CT molecular complexity index is 837. The van der Waals surface area contributed by atoms with Crippen LogP contribution in [-0.4, -0.2) is 22.8 Å². The van der Waals surface area contributed by atoms with Gasteiger partial charge in [0.2, 0.25) is 0 Å². The van der Waals surface area contributed by atoms with E-state index < -0.39 is 5.97 Å². The Labute approximate surface area is 140 Å². The number of carboxylic acid groups (broad SMARTS) is 1. The molecular formula is C20H19NO3. The Hall–Kier alpha value is -3.01. The fraction of sp³-hybridized carbons (Fsp3) is 0.150. The summed E-state index contributed by atoms with van der Waals surface area (Å²) in [5.74, 6) is -0.0287. The van der Waals surface area contributed by atoms with Gasteiger partial charge < -0.3 is 14.4 Å². The van der Waals surface area contributed by atoms with E-state index in [1.54, 1.807) is 7.11 Å². The van der Waals surface area contributed by atoms with Gasteiger partial charge in [0.05, 0.1) is 19.2 Å². The van der Waals surface area contributed by atoms with E-state index in [2.05, 4.69) is 4.57 Å². The van der Waals surface area contributed by atoms with Crippen molar-refractivity contribution in [3.8, 4) is 22.7 Å². The van der Waals surface area contributed by atoms with Crippen molar-refractivity contribution in [3.63, 3.8) is 0 Å². The van der Waals surface area contributed by atoms with Crippen molar-refractivity contribution in [1.82, 2.24) is 4.57 Å². The zero-order valence-electron chi connectivity index (χ0n) is 13.5. The highest BCUT2D eigenvalue weighted by molar-refractivity contribution is 5.68. The van der Waals surface area contributed by atoms with Gasteiger partial charge in [-0.15, -0.1) is 0 Å². The van der Waals surface area contributed by atoms with Gasteiger partial charge in [0.1, 0.15) is 5.75 Å². The lowest BCUT2D eigenvalue weighted by Gasteiger charge is -2.14. The molecule has 0 spiro atoms. The SMILES string of the molecule is COc1cccc(-n2c(CCC(=O)O)ccc2-c2ccccc2)c1. The smallest absolute Gasteiger partial charge is 0.303 e. The number of hydrogen-bond donors (Lipinski definition) is 1. The third-order valence-electron chi connectivity index (χ3n) is 3.94. The van der Waals surface area contributed by atoms with Gasteiger partial charge in [-0.05, 0) is 36.2 Å². The van der Waals surface area contributed by atoms with Crippen molar-refractivity contribution in [2.75, 3.05) is 7.11 Å². The van der Waals surface area contributed by atoms with Crippen molar-refractivity contribution < 1.29 is 14.6 Å². The number of carbonyl (C=O) groups is 1. The van der Waals surface area contributed by atoms with Crippen LogP contribution in [0.2, 0.25) is 0 Å². The third-order valence-corrected chi connectivity index (χ3v) is 3.94. The summed E-state index contributed by atoms with van der Waals surface area (Å²) < 4.78 is 7.43. The minimum absolute atomic E-state index is 0.0994. The van der Waals surface area contributed by atoms with Crippen LogP contribution in [0.25, 0.3) is 16.9 Å². The Morgan fingerprint density at radius 3 is 2.54 bits per heavy atom. The van der Waals surface area contributed by atoms with Crippen molar-refractivity contribution >= 4 is 5.97 Å². The van der Waals surface area contributed by atoms with Gasteiger partial charge >= 0.3 is 5.97 Å². The van der Waals surface area contributed by atoms with Gasteiger partial charge in [0.15, 0.2) is 0 Å². The van der Waals surface area contributed by atoms with E-state index in [1.165, 1.54) is 0 Å². The van der Waals surface area contributed by atoms with E-state index >= 15 is 0 Å². The molecule has 0 unspecified atom stereocenters. The molecule has 0 aliphatic carbocycles. The summed E-state index contributed by atoms with van der Waals surface area (Å²) in [6.45, 7) is 0. The molecule has 0 bridgehead atoms. The number of methoxy groups -OCH3 is 1. The number of rotatable bonds is 6. The van der Waals surface area contributed by atoms with Crippen molar-refractivity contribution in [3.05, 3.63) is 72.4 Å². The number of hydrogen-bond acceptors (Lipinski definition) is 2. The second-order valence-corrected chi connectivity index (χ2v) is 5.51. The molecule has 0 aliphatic rings. The van der Waals surface area contributed by atoms with Crippen LogP contribution in [0.3, 0.4) is 0 Å². The average Bonchev–Trinajstić information content (AvgIpc) is 3.04. The largest absolute Gasteiger partial charge is 0.497 e. The Kier molecular flexibility index (Phi) is 4.66. The van der Waals surface area contributed by atoms with Crippen LogP contribution in [0.1, 0.15) is 12.1 Å². The van der Waals surface area contributed by atoms with E-state index in [-0.39, 0.29) is 6.42 Å². The molecule has 0 saturated carbocycles. The van der Waals surface area contributed by atoms with Crippen LogP contribution < -0.4 is 4.74 Å². The fourth-order valence-corrected chi connectivity index (χ4v) is 2.80. The van der Waals surface area contributed by atoms with Crippen molar-refractivity contribution in [2.24, 2.45) is 0 Å². The molecule has 3 aromatic rings. The first-order valence-corrected chi connectivity index (χ1v) is 7.81. The van der Waals surface area contributed by atoms with E-state index in [1.807, 2.05) is 66.7 Å². The van der Waals surface area contributed by atoms with E-state index in [0.29, 0.717) is 6.42 Å². The first-order chi connectivity index (χ1) is 11.7. The van der Waals surface area contributed by atoms with Gasteiger partial charge in [0.25, 0.3) is 0 Å². The molecule has 24 heavy (non-hydrogen) atoms. The zero-order valence-corrected chi connectivity index (χ0v) is 13.5. The highest BCUT2D eigenvalue weighted by atomic mass is 16.5. The lowest BCUT2D eigenvalue weighted by atomic mass is 10.1. The molecule has 0 amide bonds. The predicted octanol–water partition coefficient (Wildman–Crippen LogP) is 4.17. The van der Waals surface area contributed by atoms with Crippen LogP contribution in [0.4, 0.5) is 0 Å². The summed E-state index contributed by atoms with van der Waals surface area (Å²) in [6.07, 6.45) is 0.571. The summed E-state index contributed by atoms with van der Waals surface area (Å²) in [7, 11) is 1.64. The van der Waals surface area contributed by atoms with E-state index in [4.69, 9.17) is 9.84 Å². The maximum absolute atomic E-state index is 11.0. The number of aliphatic carboxylic acids is 1. The number of aromatic nitrogens is 1. The van der Waals surface area contributed by atoms with Gasteiger partial charge in [-0.3, -0.25) is 4.79 Å². The van der Waals surface area contributed by atoms with Gasteiger partial charge in [-0.1, -0.05) is 36.4 Å². The number of carboxylic acids is 1. The summed E-state index contributed by atoms with van der Waals surface area (Å²) in [6, 6.07) is 21.9. The van der Waals surface area contributed by atoms with Crippen LogP contribution >= 0.6 is 0 Å². The van der Waals surface area contributed by atoms with Crippen LogP contribution in [0, 0.1) is 0 Å². The lowest BCUT2D eigenvalue weighted by molar-refractivity contribution is -0.136. The Morgan fingerprint density at radius 2 is 1.83 bits per heavy atom. The Morgan fingerprint density at radius 1 is 1.04 bits per heavy atom. The lowest BCUT2D eigenvalue weighted by Crippen LogP contribution is -2.05. The normalized spacial score (nSPS) is 10.5. The molecule has 4 nitrogen and oxygen atoms in total. The zero-order chi connectivity index (χ0) is 16.9. The molecule has 1 N–H and O–H groups in total. The van der Waals surface area contributed by atoms with Crippen molar-refractivity contribution in [2.45, 2.75) is 12.8 Å². The van der Waals surface area contributed by atoms with Crippen molar-refractivity contribution in [1.29, 1.82) is 0 Å². The molecule has 1 heterocycles. The Balaban J connectivity index is 2.11. The van der Waals surface area contributed by atoms with Gasteiger partial charge in [-0.25, -0.2) is 0 Å². The summed E-state index contributed by atoms with van der Waals surface area (Å²) in [5, 5.41) is 9.01. The maximum Gasteiger partial charge on any atom is 0.303 e. The van der Waals surface area contributed by atoms with E-state index in [9.17, 15) is 4.79 Å². The summed E-state index contributed by atoms with van der Waals surface area (Å²) in [4.78, 5) is 11.0. The van der Waals surface area contributed by atoms with Gasteiger partial charge in [0, 0.05) is 17.4 Å². The molecule has 0 fully saturated rings. The second kappa shape index (κ2) is 7.04. The van der Waals surface area contributed by atoms with Crippen LogP contribution in [0.15, 0.2) is 66.7 Å². The molecule has 1 aromatic heterocycles. The molecule has 0 aliphatic heterocycles. The number of nitrogens with zero attached hydrogens (tertiary/aromatic N) is 1. The minimum Gasteiger partial charge on any atom is -0.497 e. The number of aryl methyl sites for hydroxylation is 1. The number of benzene rings is 2. The standard InChI is InChI=1S/C20H19NO3/c1-24-18-9-5-8-17(14-18)21-16(11-13-20(22)23)10-12-19(21)15-6-3-2-4-7-15/h2-10,12,14H,11,13H2,1H3,(H,22,23). The fourth-order valence-electron chi connectivity index (χ4n) is 2.80. The van der Waals surface area contributed by atoms with Gasteiger partial charge in [-0.2, -0.15) is 0 Å². The molecular weight excluding hydrogens is 302 g/mol. The topological polar surface area (TPSA) is 51.5 Å². The molecule has 0 saturated heterocycles. The average molecular weight is 321 g/mol. The maximum atomic E-state index is 11.0. The molecule has 3 rings (SSSR count). The quantitative estimate of drug-likeness (QED) is 0.741. The van der Waals surface area contributed by atoms with E-state index in [0.717, 1.165) is 28.4 Å². The first-order valence-electron chi connectivity index (χ1n) is 7.81. The summed E-state index contributed by atoms with van der Waals surface area (Å²) in [5.41, 5.74) is 4.04. The summed E-state index contributed by atoms with van der Waals surface area (Å²) >= 11 is 0. The molecule has 122 valence electrons. The highest BCUT2D eigenvalue weighted by Gasteiger charge is 2.13. The highest BCUT2D eigenvalue weighted by Crippen LogP contribution is 2.28. The monoisotopic (exact) mass is 321 g/mol. The minimum atomic E-state index is -0.797. The van der Waals surface area contributed by atoms with Crippen LogP contribution in [-0.2, 0) is 11.2 Å².